The number of benzene rings is 1. The summed E-state index contributed by atoms with van der Waals surface area (Å²) in [5.41, 5.74) is 1.31. The maximum Gasteiger partial charge on any atom is 0.337 e. The minimum absolute atomic E-state index is 0.0954. The lowest BCUT2D eigenvalue weighted by molar-refractivity contribution is -0.119. The molecular formula is C13H14N2O3S. The molecule has 1 heterocycles. The number of hydrogen-bond donors (Lipinski definition) is 1. The van der Waals surface area contributed by atoms with Crippen LogP contribution in [-0.4, -0.2) is 24.0 Å². The number of esters is 1. The topological polar surface area (TPSA) is 68.3 Å². The van der Waals surface area contributed by atoms with Crippen LogP contribution in [0, 0.1) is 0 Å². The number of aromatic nitrogens is 1. The number of methoxy groups -OCH3 is 1. The number of rotatable bonds is 3. The lowest BCUT2D eigenvalue weighted by atomic mass is 10.2. The Morgan fingerprint density at radius 3 is 2.79 bits per heavy atom. The van der Waals surface area contributed by atoms with Crippen molar-refractivity contribution in [2.24, 2.45) is 0 Å². The third kappa shape index (κ3) is 2.90. The Hall–Kier alpha value is -1.95. The normalized spacial score (nSPS) is 12.2. The zero-order chi connectivity index (χ0) is 14.0. The highest BCUT2D eigenvalue weighted by atomic mass is 32.1. The minimum atomic E-state index is -0.369. The number of fused-ring (bicyclic) bond motifs is 1. The summed E-state index contributed by atoms with van der Waals surface area (Å²) < 4.78 is 5.58. The molecule has 0 aliphatic rings. The van der Waals surface area contributed by atoms with Gasteiger partial charge in [-0.05, 0) is 25.1 Å². The number of hydrogen-bond acceptors (Lipinski definition) is 5. The van der Waals surface area contributed by atoms with Gasteiger partial charge in [0.15, 0.2) is 0 Å². The number of thiazole rings is 1. The molecule has 0 spiro atoms. The molecule has 0 aliphatic heterocycles. The molecule has 0 saturated heterocycles. The van der Waals surface area contributed by atoms with Gasteiger partial charge < -0.3 is 10.1 Å². The van der Waals surface area contributed by atoms with E-state index in [9.17, 15) is 9.59 Å². The first kappa shape index (κ1) is 13.5. The van der Waals surface area contributed by atoms with Gasteiger partial charge in [-0.15, -0.1) is 11.3 Å². The van der Waals surface area contributed by atoms with Crippen LogP contribution in [0.4, 0.5) is 0 Å². The van der Waals surface area contributed by atoms with Crippen molar-refractivity contribution >= 4 is 33.4 Å². The number of amides is 1. The molecule has 1 unspecified atom stereocenters. The van der Waals surface area contributed by atoms with Gasteiger partial charge in [0.05, 0.1) is 28.9 Å². The predicted molar refractivity (Wildman–Crippen MR) is 73.2 cm³/mol. The third-order valence-electron chi connectivity index (χ3n) is 2.62. The Bertz CT molecular complexity index is 636. The molecule has 1 amide bonds. The SMILES string of the molecule is COC(=O)c1ccc2nc(C(C)NC(C)=O)sc2c1. The van der Waals surface area contributed by atoms with Crippen LogP contribution in [0.15, 0.2) is 18.2 Å². The van der Waals surface area contributed by atoms with Gasteiger partial charge in [-0.2, -0.15) is 0 Å². The van der Waals surface area contributed by atoms with Crippen LogP contribution >= 0.6 is 11.3 Å². The van der Waals surface area contributed by atoms with E-state index in [0.29, 0.717) is 5.56 Å². The molecule has 1 N–H and O–H groups in total. The fourth-order valence-corrected chi connectivity index (χ4v) is 2.75. The number of nitrogens with one attached hydrogen (secondary N) is 1. The standard InChI is InChI=1S/C13H14N2O3S/c1-7(14-8(2)16)12-15-10-5-4-9(13(17)18-3)6-11(10)19-12/h4-7H,1-3H3,(H,14,16). The lowest BCUT2D eigenvalue weighted by Gasteiger charge is -2.07. The van der Waals surface area contributed by atoms with Crippen molar-refractivity contribution in [2.45, 2.75) is 19.9 Å². The molecule has 1 aromatic heterocycles. The quantitative estimate of drug-likeness (QED) is 0.875. The van der Waals surface area contributed by atoms with Crippen molar-refractivity contribution < 1.29 is 14.3 Å². The molecule has 2 rings (SSSR count). The fraction of sp³-hybridized carbons (Fsp3) is 0.308. The molecule has 0 radical (unpaired) electrons. The molecule has 19 heavy (non-hydrogen) atoms. The van der Waals surface area contributed by atoms with Crippen molar-refractivity contribution in [1.82, 2.24) is 10.3 Å². The fourth-order valence-electron chi connectivity index (χ4n) is 1.74. The summed E-state index contributed by atoms with van der Waals surface area (Å²) in [6, 6.07) is 5.07. The first-order chi connectivity index (χ1) is 9.01. The summed E-state index contributed by atoms with van der Waals surface area (Å²) in [7, 11) is 1.35. The predicted octanol–water partition coefficient (Wildman–Crippen LogP) is 2.28. The van der Waals surface area contributed by atoms with Gasteiger partial charge in [-0.1, -0.05) is 0 Å². The number of nitrogens with zero attached hydrogens (tertiary/aromatic N) is 1. The maximum absolute atomic E-state index is 11.4. The molecule has 5 nitrogen and oxygen atoms in total. The Balaban J connectivity index is 2.35. The van der Waals surface area contributed by atoms with Crippen LogP contribution in [0.2, 0.25) is 0 Å². The molecule has 1 atom stereocenters. The summed E-state index contributed by atoms with van der Waals surface area (Å²) in [6.45, 7) is 3.35. The Morgan fingerprint density at radius 2 is 2.16 bits per heavy atom. The van der Waals surface area contributed by atoms with Crippen LogP contribution in [0.1, 0.15) is 35.3 Å². The minimum Gasteiger partial charge on any atom is -0.465 e. The molecule has 6 heteroatoms. The highest BCUT2D eigenvalue weighted by Gasteiger charge is 2.14. The van der Waals surface area contributed by atoms with Gasteiger partial charge in [0.2, 0.25) is 5.91 Å². The lowest BCUT2D eigenvalue weighted by Crippen LogP contribution is -2.23. The van der Waals surface area contributed by atoms with Gasteiger partial charge >= 0.3 is 5.97 Å². The molecule has 0 aliphatic carbocycles. The van der Waals surface area contributed by atoms with Gasteiger partial charge in [0.1, 0.15) is 5.01 Å². The van der Waals surface area contributed by atoms with Gasteiger partial charge in [0, 0.05) is 6.92 Å². The van der Waals surface area contributed by atoms with E-state index < -0.39 is 0 Å². The Morgan fingerprint density at radius 1 is 1.42 bits per heavy atom. The first-order valence-electron chi connectivity index (χ1n) is 5.77. The molecule has 2 aromatic rings. The zero-order valence-electron chi connectivity index (χ0n) is 10.9. The largest absolute Gasteiger partial charge is 0.465 e. The van der Waals surface area contributed by atoms with Crippen molar-refractivity contribution in [3.8, 4) is 0 Å². The van der Waals surface area contributed by atoms with Crippen LogP contribution in [-0.2, 0) is 9.53 Å². The summed E-state index contributed by atoms with van der Waals surface area (Å²) in [6.07, 6.45) is 0. The summed E-state index contributed by atoms with van der Waals surface area (Å²) in [4.78, 5) is 26.9. The molecule has 1 aromatic carbocycles. The van der Waals surface area contributed by atoms with Crippen molar-refractivity contribution in [3.05, 3.63) is 28.8 Å². The van der Waals surface area contributed by atoms with Crippen LogP contribution < -0.4 is 5.32 Å². The van der Waals surface area contributed by atoms with Crippen LogP contribution in [0.25, 0.3) is 10.2 Å². The number of carbonyl (C=O) groups is 2. The smallest absolute Gasteiger partial charge is 0.337 e. The monoisotopic (exact) mass is 278 g/mol. The van der Waals surface area contributed by atoms with E-state index in [-0.39, 0.29) is 17.9 Å². The van der Waals surface area contributed by atoms with E-state index in [1.54, 1.807) is 18.2 Å². The van der Waals surface area contributed by atoms with E-state index in [1.165, 1.54) is 25.4 Å². The molecular weight excluding hydrogens is 264 g/mol. The van der Waals surface area contributed by atoms with Crippen LogP contribution in [0.3, 0.4) is 0 Å². The van der Waals surface area contributed by atoms with Crippen LogP contribution in [0.5, 0.6) is 0 Å². The van der Waals surface area contributed by atoms with Gasteiger partial charge in [-0.3, -0.25) is 4.79 Å². The molecule has 0 bridgehead atoms. The zero-order valence-corrected chi connectivity index (χ0v) is 11.7. The summed E-state index contributed by atoms with van der Waals surface area (Å²) in [5.74, 6) is -0.464. The van der Waals surface area contributed by atoms with E-state index in [4.69, 9.17) is 0 Å². The van der Waals surface area contributed by atoms with Crippen molar-refractivity contribution in [3.63, 3.8) is 0 Å². The second kappa shape index (κ2) is 5.36. The molecule has 0 saturated carbocycles. The Kier molecular flexibility index (Phi) is 3.80. The average molecular weight is 278 g/mol. The summed E-state index contributed by atoms with van der Waals surface area (Å²) in [5, 5.41) is 3.60. The highest BCUT2D eigenvalue weighted by Crippen LogP contribution is 2.27. The highest BCUT2D eigenvalue weighted by molar-refractivity contribution is 7.18. The Labute approximate surface area is 114 Å². The van der Waals surface area contributed by atoms with E-state index in [0.717, 1.165) is 15.2 Å². The van der Waals surface area contributed by atoms with E-state index in [1.807, 2.05) is 6.92 Å². The van der Waals surface area contributed by atoms with Crippen molar-refractivity contribution in [2.75, 3.05) is 7.11 Å². The average Bonchev–Trinajstić information content (AvgIpc) is 2.79. The van der Waals surface area contributed by atoms with Gasteiger partial charge in [-0.25, -0.2) is 9.78 Å². The molecule has 100 valence electrons. The van der Waals surface area contributed by atoms with E-state index in [2.05, 4.69) is 15.0 Å². The van der Waals surface area contributed by atoms with Crippen molar-refractivity contribution in [1.29, 1.82) is 0 Å². The summed E-state index contributed by atoms with van der Waals surface area (Å²) >= 11 is 1.46. The molecule has 0 fully saturated rings. The number of ether oxygens (including phenoxy) is 1. The maximum atomic E-state index is 11.4. The number of carbonyl (C=O) groups excluding carboxylic acids is 2. The van der Waals surface area contributed by atoms with Gasteiger partial charge in [0.25, 0.3) is 0 Å². The van der Waals surface area contributed by atoms with E-state index >= 15 is 0 Å². The second-order valence-corrected chi connectivity index (χ2v) is 5.21. The first-order valence-corrected chi connectivity index (χ1v) is 6.59. The second-order valence-electron chi connectivity index (χ2n) is 4.15. The third-order valence-corrected chi connectivity index (χ3v) is 3.82.